The number of carbonyl (C=O) groups is 1. The molecule has 2 saturated heterocycles. The van der Waals surface area contributed by atoms with E-state index in [1.54, 1.807) is 16.7 Å². The van der Waals surface area contributed by atoms with Crippen LogP contribution in [-0.4, -0.2) is 67.4 Å². The molecule has 5 nitrogen and oxygen atoms in total. The van der Waals surface area contributed by atoms with E-state index in [9.17, 15) is 13.2 Å². The fourth-order valence-electron chi connectivity index (χ4n) is 2.25. The zero-order chi connectivity index (χ0) is 12.5. The highest BCUT2D eigenvalue weighted by atomic mass is 32.2. The van der Waals surface area contributed by atoms with Crippen LogP contribution in [0.1, 0.15) is 6.92 Å². The van der Waals surface area contributed by atoms with Crippen molar-refractivity contribution in [3.8, 4) is 0 Å². The third kappa shape index (κ3) is 3.14. The van der Waals surface area contributed by atoms with Gasteiger partial charge in [0.25, 0.3) is 0 Å². The highest BCUT2D eigenvalue weighted by molar-refractivity contribution is 7.99. The van der Waals surface area contributed by atoms with Gasteiger partial charge in [-0.15, -0.1) is 0 Å². The highest BCUT2D eigenvalue weighted by Crippen LogP contribution is 2.16. The number of nitrogens with zero attached hydrogens (tertiary/aromatic N) is 1. The number of hydrogen-bond acceptors (Lipinski definition) is 5. The second kappa shape index (κ2) is 5.16. The monoisotopic (exact) mass is 278 g/mol. The molecule has 98 valence electrons. The lowest BCUT2D eigenvalue weighted by Gasteiger charge is -2.36. The largest absolute Gasteiger partial charge is 0.337 e. The summed E-state index contributed by atoms with van der Waals surface area (Å²) < 4.78 is 22.9. The predicted molar refractivity (Wildman–Crippen MR) is 68.9 cm³/mol. The average molecular weight is 278 g/mol. The summed E-state index contributed by atoms with van der Waals surface area (Å²) in [7, 11) is -2.95. The average Bonchev–Trinajstić information content (AvgIpc) is 2.28. The quantitative estimate of drug-likeness (QED) is 0.689. The first-order valence-corrected chi connectivity index (χ1v) is 8.79. The minimum absolute atomic E-state index is 0.0552. The Bertz CT molecular complexity index is 390. The van der Waals surface area contributed by atoms with E-state index in [1.165, 1.54) is 0 Å². The topological polar surface area (TPSA) is 66.5 Å². The summed E-state index contributed by atoms with van der Waals surface area (Å²) >= 11 is 1.77. The number of nitrogens with one attached hydrogen (secondary N) is 1. The van der Waals surface area contributed by atoms with Crippen LogP contribution in [0.4, 0.5) is 0 Å². The molecule has 2 aliphatic heterocycles. The van der Waals surface area contributed by atoms with Crippen LogP contribution in [0.25, 0.3) is 0 Å². The van der Waals surface area contributed by atoms with Crippen molar-refractivity contribution in [3.63, 3.8) is 0 Å². The van der Waals surface area contributed by atoms with Gasteiger partial charge in [-0.25, -0.2) is 8.42 Å². The number of hydrogen-bond donors (Lipinski definition) is 1. The Morgan fingerprint density at radius 2 is 2.24 bits per heavy atom. The molecule has 0 saturated carbocycles. The minimum atomic E-state index is -2.95. The van der Waals surface area contributed by atoms with Crippen molar-refractivity contribution in [1.29, 1.82) is 0 Å². The Labute approximate surface area is 106 Å². The number of carbonyl (C=O) groups excluding carboxylic acids is 1. The molecule has 2 atom stereocenters. The number of sulfone groups is 1. The summed E-state index contributed by atoms with van der Waals surface area (Å²) in [5, 5.41) is 3.20. The van der Waals surface area contributed by atoms with Gasteiger partial charge in [0.2, 0.25) is 5.91 Å². The van der Waals surface area contributed by atoms with E-state index in [2.05, 4.69) is 5.32 Å². The van der Waals surface area contributed by atoms with Crippen molar-refractivity contribution in [2.24, 2.45) is 0 Å². The molecule has 0 aromatic rings. The molecule has 2 heterocycles. The Kier molecular flexibility index (Phi) is 3.99. The molecular weight excluding hydrogens is 260 g/mol. The van der Waals surface area contributed by atoms with Gasteiger partial charge < -0.3 is 10.2 Å². The molecule has 0 aromatic carbocycles. The van der Waals surface area contributed by atoms with E-state index in [0.717, 1.165) is 18.1 Å². The predicted octanol–water partition coefficient (Wildman–Crippen LogP) is -0.663. The van der Waals surface area contributed by atoms with E-state index in [4.69, 9.17) is 0 Å². The lowest BCUT2D eigenvalue weighted by Crippen LogP contribution is -2.57. The lowest BCUT2D eigenvalue weighted by atomic mass is 10.2. The van der Waals surface area contributed by atoms with Gasteiger partial charge in [-0.2, -0.15) is 11.8 Å². The van der Waals surface area contributed by atoms with Gasteiger partial charge in [0.1, 0.15) is 0 Å². The molecule has 17 heavy (non-hydrogen) atoms. The molecule has 1 N–H and O–H groups in total. The Morgan fingerprint density at radius 1 is 1.47 bits per heavy atom. The van der Waals surface area contributed by atoms with E-state index in [0.29, 0.717) is 6.54 Å². The van der Waals surface area contributed by atoms with Crippen molar-refractivity contribution in [1.82, 2.24) is 10.2 Å². The van der Waals surface area contributed by atoms with E-state index < -0.39 is 9.84 Å². The van der Waals surface area contributed by atoms with E-state index in [-0.39, 0.29) is 29.5 Å². The fraction of sp³-hybridized carbons (Fsp3) is 0.900. The summed E-state index contributed by atoms with van der Waals surface area (Å²) in [4.78, 5) is 13.9. The van der Waals surface area contributed by atoms with E-state index in [1.807, 2.05) is 6.92 Å². The molecular formula is C10H18N2O3S2. The van der Waals surface area contributed by atoms with Crippen molar-refractivity contribution in [3.05, 3.63) is 0 Å². The SMILES string of the molecule is CC1CS(=O)(=O)CCN1C(=O)C1CSCCN1. The molecule has 2 rings (SSSR count). The summed E-state index contributed by atoms with van der Waals surface area (Å²) in [6.07, 6.45) is 0. The molecule has 2 unspecified atom stereocenters. The van der Waals surface area contributed by atoms with Crippen LogP contribution in [0.3, 0.4) is 0 Å². The van der Waals surface area contributed by atoms with Crippen LogP contribution in [-0.2, 0) is 14.6 Å². The van der Waals surface area contributed by atoms with Crippen LogP contribution >= 0.6 is 11.8 Å². The molecule has 0 bridgehead atoms. The van der Waals surface area contributed by atoms with E-state index >= 15 is 0 Å². The molecule has 2 aliphatic rings. The normalized spacial score (nSPS) is 33.4. The zero-order valence-electron chi connectivity index (χ0n) is 9.89. The molecule has 1 amide bonds. The van der Waals surface area contributed by atoms with Gasteiger partial charge >= 0.3 is 0 Å². The van der Waals surface area contributed by atoms with Crippen molar-refractivity contribution < 1.29 is 13.2 Å². The zero-order valence-corrected chi connectivity index (χ0v) is 11.5. The molecule has 7 heteroatoms. The summed E-state index contributed by atoms with van der Waals surface area (Å²) in [5.41, 5.74) is 0. The Hall–Kier alpha value is -0.270. The molecule has 0 radical (unpaired) electrons. The summed E-state index contributed by atoms with van der Waals surface area (Å²) in [6.45, 7) is 3.00. The standard InChI is InChI=1S/C10H18N2O3S2/c1-8-7-17(14,15)5-3-12(8)10(13)9-6-16-4-2-11-9/h8-9,11H,2-7H2,1H3. The van der Waals surface area contributed by atoms with Crippen molar-refractivity contribution in [2.75, 3.05) is 36.1 Å². The third-order valence-corrected chi connectivity index (χ3v) is 6.03. The van der Waals surface area contributed by atoms with Crippen LogP contribution in [0, 0.1) is 0 Å². The Balaban J connectivity index is 2.00. The first-order valence-electron chi connectivity index (χ1n) is 5.81. The molecule has 0 aromatic heterocycles. The number of rotatable bonds is 1. The van der Waals surface area contributed by atoms with Crippen LogP contribution in [0.2, 0.25) is 0 Å². The second-order valence-electron chi connectivity index (χ2n) is 4.58. The molecule has 0 aliphatic carbocycles. The van der Waals surface area contributed by atoms with Crippen LogP contribution in [0.15, 0.2) is 0 Å². The first-order chi connectivity index (χ1) is 7.99. The van der Waals surface area contributed by atoms with Crippen molar-refractivity contribution >= 4 is 27.5 Å². The Morgan fingerprint density at radius 3 is 2.82 bits per heavy atom. The summed E-state index contributed by atoms with van der Waals surface area (Å²) in [5.74, 6) is 2.07. The van der Waals surface area contributed by atoms with Gasteiger partial charge in [-0.1, -0.05) is 0 Å². The van der Waals surface area contributed by atoms with Gasteiger partial charge in [0.05, 0.1) is 17.5 Å². The van der Waals surface area contributed by atoms with Crippen molar-refractivity contribution in [2.45, 2.75) is 19.0 Å². The molecule has 2 fully saturated rings. The van der Waals surface area contributed by atoms with Gasteiger partial charge in [-0.05, 0) is 6.92 Å². The van der Waals surface area contributed by atoms with Crippen LogP contribution < -0.4 is 5.32 Å². The molecule has 0 spiro atoms. The first kappa shape index (κ1) is 13.2. The maximum atomic E-state index is 12.2. The van der Waals surface area contributed by atoms with Gasteiger partial charge in [0.15, 0.2) is 9.84 Å². The maximum absolute atomic E-state index is 12.2. The third-order valence-electron chi connectivity index (χ3n) is 3.17. The van der Waals surface area contributed by atoms with Crippen LogP contribution in [0.5, 0.6) is 0 Å². The number of amides is 1. The second-order valence-corrected chi connectivity index (χ2v) is 7.96. The highest BCUT2D eigenvalue weighted by Gasteiger charge is 2.34. The smallest absolute Gasteiger partial charge is 0.240 e. The maximum Gasteiger partial charge on any atom is 0.240 e. The van der Waals surface area contributed by atoms with Gasteiger partial charge in [-0.3, -0.25) is 4.79 Å². The lowest BCUT2D eigenvalue weighted by molar-refractivity contribution is -0.134. The number of thioether (sulfide) groups is 1. The fourth-order valence-corrected chi connectivity index (χ4v) is 4.73. The minimum Gasteiger partial charge on any atom is -0.337 e. The summed E-state index contributed by atoms with van der Waals surface area (Å²) in [6, 6.07) is -0.341. The van der Waals surface area contributed by atoms with Gasteiger partial charge in [0, 0.05) is 30.6 Å².